The van der Waals surface area contributed by atoms with Crippen molar-refractivity contribution in [2.75, 3.05) is 6.54 Å². The average Bonchev–Trinajstić information content (AvgIpc) is 3.04. The Kier molecular flexibility index (Phi) is 3.85. The van der Waals surface area contributed by atoms with Gasteiger partial charge in [0.2, 0.25) is 0 Å². The van der Waals surface area contributed by atoms with Crippen LogP contribution in [0.1, 0.15) is 24.0 Å². The van der Waals surface area contributed by atoms with E-state index in [1.54, 1.807) is 0 Å². The van der Waals surface area contributed by atoms with E-state index in [1.807, 2.05) is 25.1 Å². The van der Waals surface area contributed by atoms with Crippen LogP contribution in [0.3, 0.4) is 0 Å². The van der Waals surface area contributed by atoms with Crippen molar-refractivity contribution in [3.63, 3.8) is 0 Å². The third kappa shape index (κ3) is 3.48. The van der Waals surface area contributed by atoms with Gasteiger partial charge in [-0.3, -0.25) is 0 Å². The Hall–Kier alpha value is -0.570. The van der Waals surface area contributed by atoms with Crippen LogP contribution in [-0.4, -0.2) is 23.8 Å². The van der Waals surface area contributed by atoms with Gasteiger partial charge in [0.1, 0.15) is 0 Å². The first-order valence-corrected chi connectivity index (χ1v) is 6.19. The highest BCUT2D eigenvalue weighted by Gasteiger charge is 2.21. The van der Waals surface area contributed by atoms with Crippen LogP contribution in [0.2, 0.25) is 5.02 Å². The van der Waals surface area contributed by atoms with Gasteiger partial charge >= 0.3 is 0 Å². The minimum atomic E-state index is -0.320. The molecule has 1 atom stereocenters. The van der Waals surface area contributed by atoms with Gasteiger partial charge < -0.3 is 10.4 Å². The van der Waals surface area contributed by atoms with Crippen molar-refractivity contribution in [1.82, 2.24) is 5.32 Å². The maximum Gasteiger partial charge on any atom is 0.0704 e. The molecule has 2 N–H and O–H groups in total. The number of rotatable bonds is 5. The zero-order valence-electron chi connectivity index (χ0n) is 9.54. The molecule has 1 unspecified atom stereocenters. The van der Waals surface area contributed by atoms with E-state index in [0.717, 1.165) is 16.1 Å². The summed E-state index contributed by atoms with van der Waals surface area (Å²) in [7, 11) is 0. The van der Waals surface area contributed by atoms with Gasteiger partial charge in [-0.2, -0.15) is 0 Å². The van der Waals surface area contributed by atoms with Crippen molar-refractivity contribution >= 4 is 11.6 Å². The normalized spacial score (nSPS) is 17.4. The Balaban J connectivity index is 1.84. The highest BCUT2D eigenvalue weighted by molar-refractivity contribution is 6.31. The molecule has 1 aromatic rings. The lowest BCUT2D eigenvalue weighted by molar-refractivity contribution is 0.171. The number of benzene rings is 1. The van der Waals surface area contributed by atoms with Gasteiger partial charge in [-0.25, -0.2) is 0 Å². The van der Waals surface area contributed by atoms with E-state index in [0.29, 0.717) is 19.0 Å². The van der Waals surface area contributed by atoms with Crippen molar-refractivity contribution in [3.05, 3.63) is 34.3 Å². The topological polar surface area (TPSA) is 32.3 Å². The molecule has 1 saturated carbocycles. The molecule has 16 heavy (non-hydrogen) atoms. The highest BCUT2D eigenvalue weighted by Crippen LogP contribution is 2.19. The minimum Gasteiger partial charge on any atom is -0.391 e. The van der Waals surface area contributed by atoms with Crippen molar-refractivity contribution in [1.29, 1.82) is 0 Å². The second-order valence-electron chi connectivity index (χ2n) is 4.62. The molecule has 0 radical (unpaired) electrons. The van der Waals surface area contributed by atoms with E-state index < -0.39 is 0 Å². The smallest absolute Gasteiger partial charge is 0.0704 e. The molecule has 1 fully saturated rings. The van der Waals surface area contributed by atoms with E-state index in [1.165, 1.54) is 12.8 Å². The number of halogens is 1. The van der Waals surface area contributed by atoms with Crippen LogP contribution >= 0.6 is 11.6 Å². The van der Waals surface area contributed by atoms with Crippen LogP contribution in [0.4, 0.5) is 0 Å². The maximum atomic E-state index is 9.83. The largest absolute Gasteiger partial charge is 0.391 e. The Morgan fingerprint density at radius 1 is 1.50 bits per heavy atom. The van der Waals surface area contributed by atoms with Crippen LogP contribution in [0, 0.1) is 6.92 Å². The van der Waals surface area contributed by atoms with Crippen LogP contribution in [0.15, 0.2) is 18.2 Å². The zero-order chi connectivity index (χ0) is 11.5. The molecule has 2 nitrogen and oxygen atoms in total. The van der Waals surface area contributed by atoms with Gasteiger partial charge in [-0.05, 0) is 43.4 Å². The summed E-state index contributed by atoms with van der Waals surface area (Å²) in [5, 5.41) is 13.9. The standard InChI is InChI=1S/C13H18ClNO/c1-9-2-3-10(7-13(9)14)6-12(16)8-15-11-4-5-11/h2-3,7,11-12,15-16H,4-6,8H2,1H3. The molecule has 0 bridgehead atoms. The fourth-order valence-electron chi connectivity index (χ4n) is 1.70. The molecule has 2 rings (SSSR count). The summed E-state index contributed by atoms with van der Waals surface area (Å²) in [6.45, 7) is 2.66. The predicted octanol–water partition coefficient (Wildman–Crippen LogP) is 2.30. The third-order valence-corrected chi connectivity index (χ3v) is 3.33. The van der Waals surface area contributed by atoms with Crippen molar-refractivity contribution in [2.45, 2.75) is 38.3 Å². The van der Waals surface area contributed by atoms with Gasteiger partial charge in [0.25, 0.3) is 0 Å². The van der Waals surface area contributed by atoms with Crippen molar-refractivity contribution in [2.24, 2.45) is 0 Å². The molecular formula is C13H18ClNO. The lowest BCUT2D eigenvalue weighted by Crippen LogP contribution is -2.29. The monoisotopic (exact) mass is 239 g/mol. The zero-order valence-corrected chi connectivity index (χ0v) is 10.3. The van der Waals surface area contributed by atoms with Crippen LogP contribution in [-0.2, 0) is 6.42 Å². The number of aliphatic hydroxyl groups is 1. The summed E-state index contributed by atoms with van der Waals surface area (Å²) < 4.78 is 0. The third-order valence-electron chi connectivity index (χ3n) is 2.93. The number of hydrogen-bond donors (Lipinski definition) is 2. The number of aliphatic hydroxyl groups excluding tert-OH is 1. The molecule has 0 aromatic heterocycles. The number of hydrogen-bond acceptors (Lipinski definition) is 2. The quantitative estimate of drug-likeness (QED) is 0.827. The Morgan fingerprint density at radius 3 is 2.88 bits per heavy atom. The van der Waals surface area contributed by atoms with Gasteiger partial charge in [-0.1, -0.05) is 23.7 Å². The summed E-state index contributed by atoms with van der Waals surface area (Å²) in [6.07, 6.45) is 2.85. The molecule has 1 aliphatic carbocycles. The first-order valence-electron chi connectivity index (χ1n) is 5.81. The molecule has 0 saturated heterocycles. The van der Waals surface area contributed by atoms with Gasteiger partial charge in [0.15, 0.2) is 0 Å². The number of aryl methyl sites for hydroxylation is 1. The summed E-state index contributed by atoms with van der Waals surface area (Å²) in [6, 6.07) is 6.62. The van der Waals surface area contributed by atoms with Gasteiger partial charge in [0, 0.05) is 17.6 Å². The molecule has 0 heterocycles. The fraction of sp³-hybridized carbons (Fsp3) is 0.538. The molecule has 1 aromatic carbocycles. The summed E-state index contributed by atoms with van der Waals surface area (Å²) >= 11 is 6.04. The van der Waals surface area contributed by atoms with Crippen LogP contribution in [0.5, 0.6) is 0 Å². The maximum absolute atomic E-state index is 9.83. The summed E-state index contributed by atoms with van der Waals surface area (Å²) in [5.74, 6) is 0. The van der Waals surface area contributed by atoms with E-state index in [4.69, 9.17) is 11.6 Å². The Bertz CT molecular complexity index is 363. The van der Waals surface area contributed by atoms with E-state index >= 15 is 0 Å². The van der Waals surface area contributed by atoms with Crippen LogP contribution < -0.4 is 5.32 Å². The van der Waals surface area contributed by atoms with Crippen molar-refractivity contribution in [3.8, 4) is 0 Å². The molecule has 88 valence electrons. The number of nitrogens with one attached hydrogen (secondary N) is 1. The van der Waals surface area contributed by atoms with E-state index in [9.17, 15) is 5.11 Å². The molecule has 0 aliphatic heterocycles. The Labute approximate surface area is 102 Å². The minimum absolute atomic E-state index is 0.320. The Morgan fingerprint density at radius 2 is 2.25 bits per heavy atom. The second kappa shape index (κ2) is 5.17. The molecule has 3 heteroatoms. The summed E-state index contributed by atoms with van der Waals surface area (Å²) in [4.78, 5) is 0. The molecule has 0 amide bonds. The summed E-state index contributed by atoms with van der Waals surface area (Å²) in [5.41, 5.74) is 2.18. The molecule has 1 aliphatic rings. The average molecular weight is 240 g/mol. The lowest BCUT2D eigenvalue weighted by atomic mass is 10.1. The van der Waals surface area contributed by atoms with Crippen LogP contribution in [0.25, 0.3) is 0 Å². The highest BCUT2D eigenvalue weighted by atomic mass is 35.5. The second-order valence-corrected chi connectivity index (χ2v) is 5.03. The SMILES string of the molecule is Cc1ccc(CC(O)CNC2CC2)cc1Cl. The molecule has 0 spiro atoms. The fourth-order valence-corrected chi connectivity index (χ4v) is 1.90. The van der Waals surface area contributed by atoms with Gasteiger partial charge in [0.05, 0.1) is 6.10 Å². The first kappa shape index (κ1) is 11.9. The van der Waals surface area contributed by atoms with E-state index in [-0.39, 0.29) is 6.10 Å². The first-order chi connectivity index (χ1) is 7.65. The van der Waals surface area contributed by atoms with Crippen molar-refractivity contribution < 1.29 is 5.11 Å². The van der Waals surface area contributed by atoms with Gasteiger partial charge in [-0.15, -0.1) is 0 Å². The lowest BCUT2D eigenvalue weighted by Gasteiger charge is -2.12. The predicted molar refractivity (Wildman–Crippen MR) is 66.9 cm³/mol. The van der Waals surface area contributed by atoms with E-state index in [2.05, 4.69) is 5.32 Å². The molecular weight excluding hydrogens is 222 g/mol.